The number of ether oxygens (including phenoxy) is 1. The highest BCUT2D eigenvalue weighted by Crippen LogP contribution is 2.73. The molecule has 0 spiro atoms. The molecule has 3 aromatic rings. The fraction of sp³-hybridized carbons (Fsp3) is 0.231. The number of anilines is 3. The summed E-state index contributed by atoms with van der Waals surface area (Å²) in [4.78, 5) is 25.4. The lowest BCUT2D eigenvalue weighted by molar-refractivity contribution is -0.112. The maximum Gasteiger partial charge on any atom is 0.257 e. The summed E-state index contributed by atoms with van der Waals surface area (Å²) in [6.45, 7) is -0.240. The van der Waals surface area contributed by atoms with Crippen LogP contribution in [0.2, 0.25) is 15.1 Å². The van der Waals surface area contributed by atoms with Crippen LogP contribution >= 0.6 is 58.0 Å². The number of hydroxylamine groups is 1. The van der Waals surface area contributed by atoms with Gasteiger partial charge >= 0.3 is 0 Å². The van der Waals surface area contributed by atoms with Crippen LogP contribution in [0.1, 0.15) is 21.8 Å². The summed E-state index contributed by atoms with van der Waals surface area (Å²) in [5.74, 6) is -1.84. The van der Waals surface area contributed by atoms with Gasteiger partial charge in [0.05, 0.1) is 27.4 Å². The van der Waals surface area contributed by atoms with Crippen LogP contribution < -0.4 is 15.7 Å². The number of nitrogens with one attached hydrogen (secondary N) is 2. The van der Waals surface area contributed by atoms with Gasteiger partial charge in [-0.2, -0.15) is 0 Å². The lowest BCUT2D eigenvalue weighted by Gasteiger charge is -2.20. The van der Waals surface area contributed by atoms with Crippen molar-refractivity contribution >= 4 is 87.3 Å². The Kier molecular flexibility index (Phi) is 8.88. The quantitative estimate of drug-likeness (QED) is 0.0931. The van der Waals surface area contributed by atoms with E-state index in [-0.39, 0.29) is 35.2 Å². The minimum atomic E-state index is -1.43. The lowest BCUT2D eigenvalue weighted by atomic mass is 10.00. The standard InChI is InChI=1S/C26H21Cl5FN3O4/c1-39-13-35(38)22-9-17(32)2-5-21(22)34-24(37)19-10-18(3-4-20(19)29)33-11-25(12-36)23(26(25,30)31)14-6-15(27)8-16(28)7-14/h2-10,12,23,33,38H,11,13H2,1H3,(H,34,37). The molecule has 0 bridgehead atoms. The number of alkyl halides is 2. The van der Waals surface area contributed by atoms with Crippen LogP contribution in [0.5, 0.6) is 0 Å². The van der Waals surface area contributed by atoms with Gasteiger partial charge in [0.2, 0.25) is 0 Å². The maximum atomic E-state index is 13.8. The highest BCUT2D eigenvalue weighted by molar-refractivity contribution is 6.54. The number of benzene rings is 3. The first-order valence-electron chi connectivity index (χ1n) is 11.3. The van der Waals surface area contributed by atoms with Crippen molar-refractivity contribution in [2.75, 3.05) is 36.1 Å². The number of rotatable bonds is 10. The van der Waals surface area contributed by atoms with Gasteiger partial charge in [-0.25, -0.2) is 9.45 Å². The molecule has 1 saturated carbocycles. The topological polar surface area (TPSA) is 90.9 Å². The van der Waals surface area contributed by atoms with Crippen LogP contribution in [0.15, 0.2) is 54.6 Å². The fourth-order valence-corrected chi connectivity index (χ4v) is 6.12. The molecule has 3 aromatic carbocycles. The van der Waals surface area contributed by atoms with Crippen molar-refractivity contribution in [3.05, 3.63) is 86.6 Å². The second kappa shape index (κ2) is 11.7. The van der Waals surface area contributed by atoms with Crippen LogP contribution in [-0.4, -0.2) is 42.1 Å². The number of methoxy groups -OCH3 is 1. The molecule has 7 nitrogen and oxygen atoms in total. The van der Waals surface area contributed by atoms with E-state index in [4.69, 9.17) is 62.7 Å². The van der Waals surface area contributed by atoms with Crippen molar-refractivity contribution in [3.63, 3.8) is 0 Å². The van der Waals surface area contributed by atoms with E-state index in [9.17, 15) is 19.2 Å². The van der Waals surface area contributed by atoms with Gasteiger partial charge in [0.25, 0.3) is 5.91 Å². The Balaban J connectivity index is 1.54. The molecule has 39 heavy (non-hydrogen) atoms. The third-order valence-electron chi connectivity index (χ3n) is 6.38. The molecule has 1 fully saturated rings. The van der Waals surface area contributed by atoms with Gasteiger partial charge in [-0.05, 0) is 54.1 Å². The molecule has 1 aliphatic carbocycles. The summed E-state index contributed by atoms with van der Waals surface area (Å²) in [6.07, 6.45) is 0.694. The minimum absolute atomic E-state index is 0.0232. The molecule has 0 aliphatic heterocycles. The molecule has 0 saturated heterocycles. The third-order valence-corrected chi connectivity index (χ3v) is 8.28. The van der Waals surface area contributed by atoms with Crippen LogP contribution in [0, 0.1) is 11.2 Å². The normalized spacial score (nSPS) is 19.3. The second-order valence-electron chi connectivity index (χ2n) is 8.90. The van der Waals surface area contributed by atoms with Gasteiger partial charge in [0.1, 0.15) is 23.2 Å². The summed E-state index contributed by atoms with van der Waals surface area (Å²) in [7, 11) is 1.35. The predicted molar refractivity (Wildman–Crippen MR) is 153 cm³/mol. The molecule has 0 aromatic heterocycles. The molecular formula is C26H21Cl5FN3O4. The second-order valence-corrected chi connectivity index (χ2v) is 11.6. The van der Waals surface area contributed by atoms with Crippen LogP contribution in [0.4, 0.5) is 21.5 Å². The SMILES string of the molecule is COCN(O)c1cc(F)ccc1NC(=O)c1cc(NCC2(C=O)C(c3cc(Cl)cc(Cl)c3)C2(Cl)Cl)ccc1Cl. The van der Waals surface area contributed by atoms with E-state index in [2.05, 4.69) is 10.6 Å². The summed E-state index contributed by atoms with van der Waals surface area (Å²) in [5, 5.41) is 17.4. The zero-order valence-electron chi connectivity index (χ0n) is 20.2. The van der Waals surface area contributed by atoms with Crippen LogP contribution in [0.25, 0.3) is 0 Å². The largest absolute Gasteiger partial charge is 0.384 e. The molecule has 0 radical (unpaired) electrons. The van der Waals surface area contributed by atoms with Crippen LogP contribution in [0.3, 0.4) is 0 Å². The summed E-state index contributed by atoms with van der Waals surface area (Å²) < 4.78 is 17.2. The van der Waals surface area contributed by atoms with E-state index in [1.165, 1.54) is 25.3 Å². The van der Waals surface area contributed by atoms with Gasteiger partial charge in [-0.15, -0.1) is 0 Å². The molecular weight excluding hydrogens is 615 g/mol. The van der Waals surface area contributed by atoms with Crippen molar-refractivity contribution in [2.24, 2.45) is 5.41 Å². The Morgan fingerprint density at radius 1 is 1.10 bits per heavy atom. The monoisotopic (exact) mass is 633 g/mol. The third kappa shape index (κ3) is 5.93. The van der Waals surface area contributed by atoms with Gasteiger partial charge in [-0.1, -0.05) is 58.0 Å². The molecule has 2 unspecified atom stereocenters. The predicted octanol–water partition coefficient (Wildman–Crippen LogP) is 7.41. The lowest BCUT2D eigenvalue weighted by Crippen LogP contribution is -2.24. The zero-order chi connectivity index (χ0) is 28.5. The molecule has 1 amide bonds. The van der Waals surface area contributed by atoms with Crippen molar-refractivity contribution in [1.82, 2.24) is 0 Å². The van der Waals surface area contributed by atoms with E-state index in [1.54, 1.807) is 24.3 Å². The number of hydrogen-bond donors (Lipinski definition) is 3. The van der Waals surface area contributed by atoms with Gasteiger partial charge in [-0.3, -0.25) is 10.0 Å². The van der Waals surface area contributed by atoms with E-state index >= 15 is 0 Å². The zero-order valence-corrected chi connectivity index (χ0v) is 23.9. The highest BCUT2D eigenvalue weighted by Gasteiger charge is 2.76. The number of nitrogens with zero attached hydrogens (tertiary/aromatic N) is 1. The van der Waals surface area contributed by atoms with E-state index in [0.29, 0.717) is 32.6 Å². The van der Waals surface area contributed by atoms with Gasteiger partial charge in [0.15, 0.2) is 0 Å². The minimum Gasteiger partial charge on any atom is -0.384 e. The van der Waals surface area contributed by atoms with Gasteiger partial charge in [0, 0.05) is 41.4 Å². The smallest absolute Gasteiger partial charge is 0.257 e. The molecule has 206 valence electrons. The van der Waals surface area contributed by atoms with E-state index in [1.807, 2.05) is 0 Å². The van der Waals surface area contributed by atoms with Crippen molar-refractivity contribution in [1.29, 1.82) is 0 Å². The number of halogens is 6. The number of carbonyl (C=O) groups is 2. The first-order valence-corrected chi connectivity index (χ1v) is 13.2. The van der Waals surface area contributed by atoms with Crippen molar-refractivity contribution in [3.8, 4) is 0 Å². The first kappa shape index (κ1) is 29.7. The van der Waals surface area contributed by atoms with Gasteiger partial charge < -0.3 is 20.2 Å². The maximum absolute atomic E-state index is 13.8. The number of amides is 1. The molecule has 3 N–H and O–H groups in total. The molecule has 4 rings (SSSR count). The Morgan fingerprint density at radius 3 is 2.44 bits per heavy atom. The first-order chi connectivity index (χ1) is 18.4. The molecule has 1 aliphatic rings. The average molecular weight is 636 g/mol. The van der Waals surface area contributed by atoms with Crippen molar-refractivity contribution in [2.45, 2.75) is 10.3 Å². The van der Waals surface area contributed by atoms with E-state index in [0.717, 1.165) is 12.1 Å². The number of carbonyl (C=O) groups excluding carboxylic acids is 2. The Hall–Kier alpha value is -2.30. The molecule has 2 atom stereocenters. The fourth-order valence-electron chi connectivity index (χ4n) is 4.40. The number of aldehydes is 1. The summed E-state index contributed by atoms with van der Waals surface area (Å²) >= 11 is 31.7. The molecule has 0 heterocycles. The summed E-state index contributed by atoms with van der Waals surface area (Å²) in [6, 6.07) is 12.9. The Bertz CT molecular complexity index is 1410. The Labute approximate surface area is 248 Å². The average Bonchev–Trinajstić information content (AvgIpc) is 3.38. The molecule has 13 heteroatoms. The highest BCUT2D eigenvalue weighted by atomic mass is 35.5. The van der Waals surface area contributed by atoms with Crippen molar-refractivity contribution < 1.29 is 23.9 Å². The number of hydrogen-bond acceptors (Lipinski definition) is 6. The van der Waals surface area contributed by atoms with E-state index < -0.39 is 27.4 Å². The Morgan fingerprint density at radius 2 is 1.79 bits per heavy atom. The van der Waals surface area contributed by atoms with Crippen LogP contribution in [-0.2, 0) is 9.53 Å². The summed E-state index contributed by atoms with van der Waals surface area (Å²) in [5.41, 5.74) is 0.0260.